The Kier molecular flexibility index (Phi) is 7.26. The highest BCUT2D eigenvalue weighted by molar-refractivity contribution is 8.03. The Morgan fingerprint density at radius 2 is 2.12 bits per heavy atom. The second kappa shape index (κ2) is 9.65. The second-order valence-electron chi connectivity index (χ2n) is 5.06. The molecule has 0 bridgehead atoms. The number of benzene rings is 1. The van der Waals surface area contributed by atoms with Gasteiger partial charge in [0, 0.05) is 24.6 Å². The van der Waals surface area contributed by atoms with Gasteiger partial charge in [-0.3, -0.25) is 4.79 Å². The lowest BCUT2D eigenvalue weighted by molar-refractivity contribution is -0.143. The molecule has 1 aromatic carbocycles. The standard InChI is InChI=1S/C18H18N2O5S/c1-3-16(21)24-10-8-17(22)25-14(12-19)18-20(9-11-23-2)13-6-4-5-7-15(13)26-18/h3-7H,1,8-11H2,2H3/b18-14-. The molecular weight excluding hydrogens is 356 g/mol. The molecule has 7 nitrogen and oxygen atoms in total. The summed E-state index contributed by atoms with van der Waals surface area (Å²) in [7, 11) is 1.59. The van der Waals surface area contributed by atoms with Crippen molar-refractivity contribution in [2.75, 3.05) is 31.8 Å². The first-order chi connectivity index (χ1) is 12.6. The fourth-order valence-corrected chi connectivity index (χ4v) is 3.30. The van der Waals surface area contributed by atoms with Gasteiger partial charge in [0.25, 0.3) is 0 Å². The predicted octanol–water partition coefficient (Wildman–Crippen LogP) is 2.60. The van der Waals surface area contributed by atoms with E-state index in [9.17, 15) is 14.9 Å². The molecule has 136 valence electrons. The molecule has 0 amide bonds. The molecule has 0 saturated heterocycles. The second-order valence-corrected chi connectivity index (χ2v) is 6.09. The number of para-hydroxylation sites is 1. The molecule has 0 unspecified atom stereocenters. The van der Waals surface area contributed by atoms with E-state index in [1.54, 1.807) is 7.11 Å². The van der Waals surface area contributed by atoms with Crippen molar-refractivity contribution >= 4 is 29.4 Å². The Morgan fingerprint density at radius 1 is 1.35 bits per heavy atom. The van der Waals surface area contributed by atoms with E-state index in [0.29, 0.717) is 18.2 Å². The topological polar surface area (TPSA) is 88.9 Å². The van der Waals surface area contributed by atoms with E-state index >= 15 is 0 Å². The fraction of sp³-hybridized carbons (Fsp3) is 0.278. The molecule has 0 atom stereocenters. The van der Waals surface area contributed by atoms with Gasteiger partial charge in [-0.05, 0) is 12.1 Å². The lowest BCUT2D eigenvalue weighted by atomic mass is 10.3. The van der Waals surface area contributed by atoms with Crippen molar-refractivity contribution in [1.82, 2.24) is 0 Å². The predicted molar refractivity (Wildman–Crippen MR) is 96.0 cm³/mol. The maximum absolute atomic E-state index is 12.0. The van der Waals surface area contributed by atoms with Gasteiger partial charge >= 0.3 is 11.9 Å². The number of esters is 2. The van der Waals surface area contributed by atoms with E-state index in [1.165, 1.54) is 11.8 Å². The van der Waals surface area contributed by atoms with Crippen molar-refractivity contribution in [2.24, 2.45) is 0 Å². The molecule has 0 fully saturated rings. The molecule has 1 aromatic rings. The van der Waals surface area contributed by atoms with E-state index in [2.05, 4.69) is 6.58 Å². The number of nitrogens with zero attached hydrogens (tertiary/aromatic N) is 2. The molecule has 0 spiro atoms. The molecule has 1 heterocycles. The van der Waals surface area contributed by atoms with E-state index in [0.717, 1.165) is 16.7 Å². The quantitative estimate of drug-likeness (QED) is 0.297. The lowest BCUT2D eigenvalue weighted by Crippen LogP contribution is -2.24. The van der Waals surface area contributed by atoms with Crippen LogP contribution in [-0.4, -0.2) is 38.8 Å². The highest BCUT2D eigenvalue weighted by atomic mass is 32.2. The molecule has 0 saturated carbocycles. The van der Waals surface area contributed by atoms with Gasteiger partial charge in [0.15, 0.2) is 0 Å². The van der Waals surface area contributed by atoms with E-state index < -0.39 is 11.9 Å². The van der Waals surface area contributed by atoms with E-state index in [1.807, 2.05) is 35.2 Å². The maximum atomic E-state index is 12.0. The van der Waals surface area contributed by atoms with Crippen LogP contribution in [0.3, 0.4) is 0 Å². The number of anilines is 1. The molecule has 0 aliphatic carbocycles. The van der Waals surface area contributed by atoms with Crippen LogP contribution in [-0.2, 0) is 23.8 Å². The van der Waals surface area contributed by atoms with Crippen LogP contribution in [0.4, 0.5) is 5.69 Å². The fourth-order valence-electron chi connectivity index (χ4n) is 2.18. The van der Waals surface area contributed by atoms with Gasteiger partial charge < -0.3 is 19.1 Å². The molecule has 26 heavy (non-hydrogen) atoms. The number of hydrogen-bond acceptors (Lipinski definition) is 8. The van der Waals surface area contributed by atoms with Crippen LogP contribution in [0, 0.1) is 11.3 Å². The smallest absolute Gasteiger partial charge is 0.330 e. The number of carbonyl (C=O) groups excluding carboxylic acids is 2. The Bertz CT molecular complexity index is 769. The molecule has 8 heteroatoms. The summed E-state index contributed by atoms with van der Waals surface area (Å²) in [6.45, 7) is 4.08. The minimum Gasteiger partial charge on any atom is -0.462 e. The number of allylic oxidation sites excluding steroid dienone is 1. The highest BCUT2D eigenvalue weighted by Crippen LogP contribution is 2.46. The third kappa shape index (κ3) is 4.88. The van der Waals surface area contributed by atoms with Gasteiger partial charge in [-0.1, -0.05) is 30.5 Å². The summed E-state index contributed by atoms with van der Waals surface area (Å²) in [5.41, 5.74) is 0.924. The first kappa shape index (κ1) is 19.6. The third-order valence-electron chi connectivity index (χ3n) is 3.36. The zero-order valence-corrected chi connectivity index (χ0v) is 15.1. The summed E-state index contributed by atoms with van der Waals surface area (Å²) in [5.74, 6) is -1.37. The van der Waals surface area contributed by atoms with Crippen LogP contribution in [0.2, 0.25) is 0 Å². The Morgan fingerprint density at radius 3 is 2.81 bits per heavy atom. The van der Waals surface area contributed by atoms with Gasteiger partial charge in [-0.15, -0.1) is 0 Å². The van der Waals surface area contributed by atoms with Gasteiger partial charge in [-0.2, -0.15) is 5.26 Å². The third-order valence-corrected chi connectivity index (χ3v) is 4.52. The highest BCUT2D eigenvalue weighted by Gasteiger charge is 2.29. The van der Waals surface area contributed by atoms with Crippen LogP contribution in [0.25, 0.3) is 0 Å². The molecule has 0 radical (unpaired) electrons. The van der Waals surface area contributed by atoms with Crippen molar-refractivity contribution in [3.63, 3.8) is 0 Å². The summed E-state index contributed by atoms with van der Waals surface area (Å²) >= 11 is 1.35. The number of methoxy groups -OCH3 is 1. The number of fused-ring (bicyclic) bond motifs is 1. The number of rotatable bonds is 8. The zero-order chi connectivity index (χ0) is 18.9. The van der Waals surface area contributed by atoms with Crippen LogP contribution in [0.1, 0.15) is 6.42 Å². The monoisotopic (exact) mass is 374 g/mol. The summed E-state index contributed by atoms with van der Waals surface area (Å²) in [6, 6.07) is 9.59. The van der Waals surface area contributed by atoms with Crippen molar-refractivity contribution in [1.29, 1.82) is 5.26 Å². The summed E-state index contributed by atoms with van der Waals surface area (Å²) < 4.78 is 15.1. The van der Waals surface area contributed by atoms with Crippen LogP contribution < -0.4 is 4.90 Å². The van der Waals surface area contributed by atoms with Gasteiger partial charge in [0.1, 0.15) is 17.7 Å². The SMILES string of the molecule is C=CC(=O)OCCC(=O)O/C(C#N)=C1\Sc2ccccc2N1CCOC. The number of thioether (sulfide) groups is 1. The van der Waals surface area contributed by atoms with Gasteiger partial charge in [0.05, 0.1) is 18.7 Å². The minimum atomic E-state index is -0.658. The number of carbonyl (C=O) groups is 2. The molecule has 0 N–H and O–H groups in total. The van der Waals surface area contributed by atoms with Crippen molar-refractivity contribution < 1.29 is 23.8 Å². The van der Waals surface area contributed by atoms with E-state index in [4.69, 9.17) is 14.2 Å². The Labute approximate surface area is 155 Å². The zero-order valence-electron chi connectivity index (χ0n) is 14.3. The van der Waals surface area contributed by atoms with E-state index in [-0.39, 0.29) is 18.8 Å². The first-order valence-electron chi connectivity index (χ1n) is 7.78. The molecule has 0 aromatic heterocycles. The number of ether oxygens (including phenoxy) is 3. The first-order valence-corrected chi connectivity index (χ1v) is 8.60. The van der Waals surface area contributed by atoms with Crippen LogP contribution in [0.5, 0.6) is 0 Å². The van der Waals surface area contributed by atoms with Gasteiger partial charge in [-0.25, -0.2) is 4.79 Å². The summed E-state index contributed by atoms with van der Waals surface area (Å²) in [6.07, 6.45) is 0.849. The number of nitriles is 1. The molecule has 1 aliphatic heterocycles. The summed E-state index contributed by atoms with van der Waals surface area (Å²) in [4.78, 5) is 25.8. The Hall–Kier alpha value is -2.76. The molecule has 2 rings (SSSR count). The average Bonchev–Trinajstić information content (AvgIpc) is 3.02. The van der Waals surface area contributed by atoms with Crippen LogP contribution >= 0.6 is 11.8 Å². The summed E-state index contributed by atoms with van der Waals surface area (Å²) in [5, 5.41) is 9.98. The van der Waals surface area contributed by atoms with Gasteiger partial charge in [0.2, 0.25) is 5.76 Å². The number of hydrogen-bond donors (Lipinski definition) is 0. The molecule has 1 aliphatic rings. The average molecular weight is 374 g/mol. The largest absolute Gasteiger partial charge is 0.462 e. The van der Waals surface area contributed by atoms with Crippen LogP contribution in [0.15, 0.2) is 52.6 Å². The normalized spacial score (nSPS) is 14.2. The minimum absolute atomic E-state index is 0.0950. The van der Waals surface area contributed by atoms with Crippen molar-refractivity contribution in [2.45, 2.75) is 11.3 Å². The van der Waals surface area contributed by atoms with Crippen molar-refractivity contribution in [3.05, 3.63) is 47.7 Å². The lowest BCUT2D eigenvalue weighted by Gasteiger charge is -2.20. The molecular formula is C18H18N2O5S. The van der Waals surface area contributed by atoms with Crippen molar-refractivity contribution in [3.8, 4) is 6.07 Å². The maximum Gasteiger partial charge on any atom is 0.330 e. The Balaban J connectivity index is 2.13.